The van der Waals surface area contributed by atoms with E-state index in [-0.39, 0.29) is 30.3 Å². The van der Waals surface area contributed by atoms with Crippen LogP contribution < -0.4 is 5.32 Å². The van der Waals surface area contributed by atoms with E-state index < -0.39 is 0 Å². The standard InChI is InChI=1S/C17H20N4O3/c1-4-13-15(10(2)20-24-13)17(23)19-12-8-14(22)21(3)16(12)11-6-5-7-18-9-11/h5-7,9,12,16H,4,8H2,1-3H3,(H,19,23)/t12-,16+/m1/s1. The lowest BCUT2D eigenvalue weighted by atomic mass is 10.0. The molecule has 7 nitrogen and oxygen atoms in total. The highest BCUT2D eigenvalue weighted by Crippen LogP contribution is 2.31. The molecule has 0 spiro atoms. The van der Waals surface area contributed by atoms with Crippen LogP contribution in [-0.2, 0) is 11.2 Å². The summed E-state index contributed by atoms with van der Waals surface area (Å²) < 4.78 is 5.19. The predicted octanol–water partition coefficient (Wildman–Crippen LogP) is 1.64. The molecule has 0 unspecified atom stereocenters. The van der Waals surface area contributed by atoms with E-state index in [4.69, 9.17) is 4.52 Å². The zero-order valence-electron chi connectivity index (χ0n) is 13.9. The van der Waals surface area contributed by atoms with Crippen LogP contribution in [0.5, 0.6) is 0 Å². The summed E-state index contributed by atoms with van der Waals surface area (Å²) in [7, 11) is 1.74. The minimum Gasteiger partial charge on any atom is -0.360 e. The Balaban J connectivity index is 1.86. The lowest BCUT2D eigenvalue weighted by molar-refractivity contribution is -0.127. The monoisotopic (exact) mass is 328 g/mol. The Bertz CT molecular complexity index is 756. The average Bonchev–Trinajstić information content (AvgIpc) is 3.08. The van der Waals surface area contributed by atoms with Gasteiger partial charge in [-0.3, -0.25) is 14.6 Å². The van der Waals surface area contributed by atoms with Crippen molar-refractivity contribution in [3.05, 3.63) is 47.1 Å². The summed E-state index contributed by atoms with van der Waals surface area (Å²) in [5.41, 5.74) is 1.92. The summed E-state index contributed by atoms with van der Waals surface area (Å²) in [6.07, 6.45) is 4.25. The Hall–Kier alpha value is -2.70. The summed E-state index contributed by atoms with van der Waals surface area (Å²) in [5.74, 6) is 0.292. The fraction of sp³-hybridized carbons (Fsp3) is 0.412. The molecule has 126 valence electrons. The van der Waals surface area contributed by atoms with Gasteiger partial charge in [-0.2, -0.15) is 0 Å². The second-order valence-electron chi connectivity index (χ2n) is 5.94. The molecular weight excluding hydrogens is 308 g/mol. The SMILES string of the molecule is CCc1onc(C)c1C(=O)N[C@@H]1CC(=O)N(C)[C@H]1c1cccnc1. The number of likely N-dealkylation sites (N-methyl/N-ethyl adjacent to an activating group) is 1. The number of aryl methyl sites for hydroxylation is 2. The van der Waals surface area contributed by atoms with Crippen LogP contribution in [0.3, 0.4) is 0 Å². The van der Waals surface area contributed by atoms with Crippen molar-refractivity contribution in [1.82, 2.24) is 20.4 Å². The first-order valence-corrected chi connectivity index (χ1v) is 7.94. The summed E-state index contributed by atoms with van der Waals surface area (Å²) >= 11 is 0. The number of hydrogen-bond acceptors (Lipinski definition) is 5. The maximum Gasteiger partial charge on any atom is 0.257 e. The van der Waals surface area contributed by atoms with Crippen LogP contribution in [0, 0.1) is 6.92 Å². The smallest absolute Gasteiger partial charge is 0.257 e. The van der Waals surface area contributed by atoms with Crippen molar-refractivity contribution in [1.29, 1.82) is 0 Å². The summed E-state index contributed by atoms with van der Waals surface area (Å²) in [5, 5.41) is 6.84. The zero-order valence-corrected chi connectivity index (χ0v) is 13.9. The summed E-state index contributed by atoms with van der Waals surface area (Å²) in [4.78, 5) is 30.6. The highest BCUT2D eigenvalue weighted by Gasteiger charge is 2.40. The van der Waals surface area contributed by atoms with Gasteiger partial charge in [0.15, 0.2) is 0 Å². The van der Waals surface area contributed by atoms with Gasteiger partial charge in [0.05, 0.1) is 17.8 Å². The normalized spacial score (nSPS) is 20.5. The summed E-state index contributed by atoms with van der Waals surface area (Å²) in [6, 6.07) is 3.18. The van der Waals surface area contributed by atoms with Crippen LogP contribution in [0.4, 0.5) is 0 Å². The van der Waals surface area contributed by atoms with Gasteiger partial charge in [0.25, 0.3) is 5.91 Å². The first kappa shape index (κ1) is 16.2. The quantitative estimate of drug-likeness (QED) is 0.922. The molecule has 24 heavy (non-hydrogen) atoms. The third kappa shape index (κ3) is 2.77. The lowest BCUT2D eigenvalue weighted by Crippen LogP contribution is -2.39. The first-order valence-electron chi connectivity index (χ1n) is 7.94. The molecule has 0 aliphatic carbocycles. The van der Waals surface area contributed by atoms with Crippen molar-refractivity contribution in [2.45, 2.75) is 38.8 Å². The van der Waals surface area contributed by atoms with Gasteiger partial charge in [-0.25, -0.2) is 0 Å². The number of carbonyl (C=O) groups is 2. The van der Waals surface area contributed by atoms with Gasteiger partial charge in [-0.1, -0.05) is 18.1 Å². The van der Waals surface area contributed by atoms with Gasteiger partial charge in [0, 0.05) is 32.3 Å². The van der Waals surface area contributed by atoms with E-state index in [0.717, 1.165) is 5.56 Å². The molecule has 3 heterocycles. The Labute approximate surface area is 140 Å². The van der Waals surface area contributed by atoms with Gasteiger partial charge in [-0.05, 0) is 18.6 Å². The molecule has 0 saturated carbocycles. The number of carbonyl (C=O) groups excluding carboxylic acids is 2. The number of hydrogen-bond donors (Lipinski definition) is 1. The number of nitrogens with one attached hydrogen (secondary N) is 1. The van der Waals surface area contributed by atoms with Crippen LogP contribution in [0.1, 0.15) is 46.8 Å². The van der Waals surface area contributed by atoms with E-state index in [2.05, 4.69) is 15.5 Å². The van der Waals surface area contributed by atoms with Crippen LogP contribution in [0.2, 0.25) is 0 Å². The molecule has 1 aliphatic heterocycles. The van der Waals surface area contributed by atoms with Gasteiger partial charge in [0.1, 0.15) is 11.3 Å². The molecule has 0 aromatic carbocycles. The molecule has 2 atom stereocenters. The van der Waals surface area contributed by atoms with Crippen LogP contribution in [0.15, 0.2) is 29.0 Å². The fourth-order valence-corrected chi connectivity index (χ4v) is 3.20. The molecule has 1 aliphatic rings. The van der Waals surface area contributed by atoms with E-state index in [1.165, 1.54) is 0 Å². The second kappa shape index (κ2) is 6.43. The number of rotatable bonds is 4. The number of aromatic nitrogens is 2. The van der Waals surface area contributed by atoms with Crippen molar-refractivity contribution in [3.63, 3.8) is 0 Å². The van der Waals surface area contributed by atoms with Gasteiger partial charge in [-0.15, -0.1) is 0 Å². The molecule has 2 aromatic heterocycles. The highest BCUT2D eigenvalue weighted by atomic mass is 16.5. The van der Waals surface area contributed by atoms with Crippen molar-refractivity contribution < 1.29 is 14.1 Å². The van der Waals surface area contributed by atoms with Crippen LogP contribution >= 0.6 is 0 Å². The third-order valence-electron chi connectivity index (χ3n) is 4.41. The molecule has 7 heteroatoms. The zero-order chi connectivity index (χ0) is 17.3. The Morgan fingerprint density at radius 3 is 2.96 bits per heavy atom. The molecule has 1 fully saturated rings. The van der Waals surface area contributed by atoms with E-state index in [1.54, 1.807) is 31.3 Å². The Morgan fingerprint density at radius 2 is 2.29 bits per heavy atom. The summed E-state index contributed by atoms with van der Waals surface area (Å²) in [6.45, 7) is 3.64. The second-order valence-corrected chi connectivity index (χ2v) is 5.94. The first-order chi connectivity index (χ1) is 11.5. The molecule has 1 saturated heterocycles. The molecule has 0 bridgehead atoms. The van der Waals surface area contributed by atoms with E-state index in [1.807, 2.05) is 19.1 Å². The van der Waals surface area contributed by atoms with Crippen molar-refractivity contribution in [2.75, 3.05) is 7.05 Å². The topological polar surface area (TPSA) is 88.3 Å². The van der Waals surface area contributed by atoms with Crippen molar-refractivity contribution in [3.8, 4) is 0 Å². The third-order valence-corrected chi connectivity index (χ3v) is 4.41. The van der Waals surface area contributed by atoms with Gasteiger partial charge in [0.2, 0.25) is 5.91 Å². The molecule has 3 rings (SSSR count). The lowest BCUT2D eigenvalue weighted by Gasteiger charge is -2.25. The van der Waals surface area contributed by atoms with Crippen molar-refractivity contribution in [2.24, 2.45) is 0 Å². The van der Waals surface area contributed by atoms with Crippen LogP contribution in [-0.4, -0.2) is 39.9 Å². The van der Waals surface area contributed by atoms with Gasteiger partial charge < -0.3 is 14.7 Å². The van der Waals surface area contributed by atoms with Gasteiger partial charge >= 0.3 is 0 Å². The van der Waals surface area contributed by atoms with Crippen molar-refractivity contribution >= 4 is 11.8 Å². The number of likely N-dealkylation sites (tertiary alicyclic amines) is 1. The van der Waals surface area contributed by atoms with E-state index in [0.29, 0.717) is 23.4 Å². The molecule has 1 N–H and O–H groups in total. The minimum atomic E-state index is -0.321. The number of amides is 2. The predicted molar refractivity (Wildman–Crippen MR) is 86.2 cm³/mol. The van der Waals surface area contributed by atoms with Crippen LogP contribution in [0.25, 0.3) is 0 Å². The average molecular weight is 328 g/mol. The van der Waals surface area contributed by atoms with E-state index in [9.17, 15) is 9.59 Å². The highest BCUT2D eigenvalue weighted by molar-refractivity contribution is 5.97. The Morgan fingerprint density at radius 1 is 1.50 bits per heavy atom. The minimum absolute atomic E-state index is 0.00749. The molecule has 2 aromatic rings. The largest absolute Gasteiger partial charge is 0.360 e. The Kier molecular flexibility index (Phi) is 4.33. The van der Waals surface area contributed by atoms with E-state index >= 15 is 0 Å². The number of nitrogens with zero attached hydrogens (tertiary/aromatic N) is 3. The number of pyridine rings is 1. The fourth-order valence-electron chi connectivity index (χ4n) is 3.20. The molecular formula is C17H20N4O3. The molecule has 2 amide bonds. The molecule has 0 radical (unpaired) electrons. The maximum atomic E-state index is 12.7. The maximum absolute atomic E-state index is 12.7.